The molecule has 0 fully saturated rings. The molecule has 128 valence electrons. The van der Waals surface area contributed by atoms with Crippen LogP contribution in [-0.4, -0.2) is 34.4 Å². The van der Waals surface area contributed by atoms with Crippen molar-refractivity contribution in [3.63, 3.8) is 0 Å². The minimum atomic E-state index is -0.435. The number of rotatable bonds is 7. The van der Waals surface area contributed by atoms with Crippen molar-refractivity contribution in [1.29, 1.82) is 0 Å². The van der Waals surface area contributed by atoms with Gasteiger partial charge in [-0.15, -0.1) is 0 Å². The van der Waals surface area contributed by atoms with Gasteiger partial charge in [0.2, 0.25) is 0 Å². The Hall–Kier alpha value is -2.69. The molecule has 5 heteroatoms. The largest absolute Gasteiger partial charge is 0.497 e. The zero-order chi connectivity index (χ0) is 17.5. The molecule has 0 aliphatic carbocycles. The molecule has 0 unspecified atom stereocenters. The standard InChI is InChI=1S/C19H22O5/c1-21-15-10-6-13(7-11-15)5-8-14-9-12-16(22-2)18(23-3)17(14)19(20)24-4/h6-7,9-12H,5,8H2,1-4H3. The smallest absolute Gasteiger partial charge is 0.342 e. The molecule has 0 aliphatic heterocycles. The van der Waals surface area contributed by atoms with Crippen LogP contribution in [0.5, 0.6) is 17.2 Å². The lowest BCUT2D eigenvalue weighted by Gasteiger charge is -2.15. The number of esters is 1. The lowest BCUT2D eigenvalue weighted by atomic mass is 9.98. The molecule has 0 spiro atoms. The van der Waals surface area contributed by atoms with Gasteiger partial charge in [0.15, 0.2) is 11.5 Å². The maximum atomic E-state index is 12.2. The Morgan fingerprint density at radius 1 is 0.833 bits per heavy atom. The van der Waals surface area contributed by atoms with Crippen LogP contribution >= 0.6 is 0 Å². The van der Waals surface area contributed by atoms with Crippen molar-refractivity contribution in [3.05, 3.63) is 53.1 Å². The lowest BCUT2D eigenvalue weighted by Crippen LogP contribution is -2.10. The molecule has 0 aliphatic rings. The van der Waals surface area contributed by atoms with Crippen molar-refractivity contribution in [2.75, 3.05) is 28.4 Å². The molecule has 0 heterocycles. The molecule has 2 aromatic carbocycles. The summed E-state index contributed by atoms with van der Waals surface area (Å²) in [5.74, 6) is 1.29. The number of hydrogen-bond donors (Lipinski definition) is 0. The number of benzene rings is 2. The molecular weight excluding hydrogens is 308 g/mol. The molecule has 24 heavy (non-hydrogen) atoms. The topological polar surface area (TPSA) is 54.0 Å². The third kappa shape index (κ3) is 3.79. The third-order valence-electron chi connectivity index (χ3n) is 3.86. The summed E-state index contributed by atoms with van der Waals surface area (Å²) >= 11 is 0. The summed E-state index contributed by atoms with van der Waals surface area (Å²) in [5, 5.41) is 0. The van der Waals surface area contributed by atoms with Gasteiger partial charge in [-0.3, -0.25) is 0 Å². The summed E-state index contributed by atoms with van der Waals surface area (Å²) in [6.07, 6.45) is 1.46. The molecule has 0 bridgehead atoms. The van der Waals surface area contributed by atoms with E-state index in [-0.39, 0.29) is 0 Å². The molecule has 0 aromatic heterocycles. The first kappa shape index (κ1) is 17.7. The van der Waals surface area contributed by atoms with Gasteiger partial charge in [-0.25, -0.2) is 4.79 Å². The maximum absolute atomic E-state index is 12.2. The SMILES string of the molecule is COC(=O)c1c(CCc2ccc(OC)cc2)ccc(OC)c1OC. The second-order valence-corrected chi connectivity index (χ2v) is 5.17. The first-order valence-corrected chi connectivity index (χ1v) is 7.59. The fraction of sp³-hybridized carbons (Fsp3) is 0.316. The van der Waals surface area contributed by atoms with Gasteiger partial charge in [0.1, 0.15) is 11.3 Å². The summed E-state index contributed by atoms with van der Waals surface area (Å²) in [5.41, 5.74) is 2.42. The Bertz CT molecular complexity index is 692. The summed E-state index contributed by atoms with van der Waals surface area (Å²) in [7, 11) is 6.04. The monoisotopic (exact) mass is 330 g/mol. The maximum Gasteiger partial charge on any atom is 0.342 e. The Morgan fingerprint density at radius 2 is 1.54 bits per heavy atom. The van der Waals surface area contributed by atoms with Crippen molar-refractivity contribution in [2.45, 2.75) is 12.8 Å². The molecular formula is C19H22O5. The third-order valence-corrected chi connectivity index (χ3v) is 3.86. The molecule has 2 rings (SSSR count). The summed E-state index contributed by atoms with van der Waals surface area (Å²) < 4.78 is 20.7. The van der Waals surface area contributed by atoms with E-state index in [1.807, 2.05) is 30.3 Å². The van der Waals surface area contributed by atoms with Gasteiger partial charge in [0.25, 0.3) is 0 Å². The van der Waals surface area contributed by atoms with E-state index in [9.17, 15) is 4.79 Å². The Labute approximate surface area is 142 Å². The summed E-state index contributed by atoms with van der Waals surface area (Å²) in [6, 6.07) is 11.5. The predicted molar refractivity (Wildman–Crippen MR) is 91.3 cm³/mol. The van der Waals surface area contributed by atoms with Gasteiger partial charge < -0.3 is 18.9 Å². The molecule has 0 saturated carbocycles. The van der Waals surface area contributed by atoms with Crippen LogP contribution < -0.4 is 14.2 Å². The molecule has 0 radical (unpaired) electrons. The normalized spacial score (nSPS) is 10.2. The van der Waals surface area contributed by atoms with Gasteiger partial charge in [0.05, 0.1) is 28.4 Å². The molecule has 0 saturated heterocycles. The molecule has 0 N–H and O–H groups in total. The van der Waals surface area contributed by atoms with Crippen molar-refractivity contribution in [2.24, 2.45) is 0 Å². The van der Waals surface area contributed by atoms with E-state index in [1.165, 1.54) is 21.3 Å². The highest BCUT2D eigenvalue weighted by Gasteiger charge is 2.21. The summed E-state index contributed by atoms with van der Waals surface area (Å²) in [6.45, 7) is 0. The van der Waals surface area contributed by atoms with Crippen molar-refractivity contribution >= 4 is 5.97 Å². The first-order valence-electron chi connectivity index (χ1n) is 7.59. The average molecular weight is 330 g/mol. The van der Waals surface area contributed by atoms with E-state index >= 15 is 0 Å². The highest BCUT2D eigenvalue weighted by molar-refractivity contribution is 5.95. The van der Waals surface area contributed by atoms with E-state index in [1.54, 1.807) is 13.2 Å². The minimum Gasteiger partial charge on any atom is -0.497 e. The fourth-order valence-electron chi connectivity index (χ4n) is 2.57. The Balaban J connectivity index is 2.29. The fourth-order valence-corrected chi connectivity index (χ4v) is 2.57. The van der Waals surface area contributed by atoms with E-state index < -0.39 is 5.97 Å². The predicted octanol–water partition coefficient (Wildman–Crippen LogP) is 3.28. The highest BCUT2D eigenvalue weighted by Crippen LogP contribution is 2.34. The number of ether oxygens (including phenoxy) is 4. The van der Waals surface area contributed by atoms with Crippen LogP contribution in [0.3, 0.4) is 0 Å². The van der Waals surface area contributed by atoms with Crippen LogP contribution in [-0.2, 0) is 17.6 Å². The van der Waals surface area contributed by atoms with Crippen LogP contribution in [0, 0.1) is 0 Å². The molecule has 0 atom stereocenters. The molecule has 2 aromatic rings. The summed E-state index contributed by atoms with van der Waals surface area (Å²) in [4.78, 5) is 12.2. The van der Waals surface area contributed by atoms with Crippen LogP contribution in [0.1, 0.15) is 21.5 Å². The van der Waals surface area contributed by atoms with Crippen LogP contribution in [0.4, 0.5) is 0 Å². The van der Waals surface area contributed by atoms with E-state index in [2.05, 4.69) is 0 Å². The average Bonchev–Trinajstić information content (AvgIpc) is 2.65. The zero-order valence-corrected chi connectivity index (χ0v) is 14.4. The minimum absolute atomic E-state index is 0.400. The molecule has 0 amide bonds. The van der Waals surface area contributed by atoms with Gasteiger partial charge >= 0.3 is 5.97 Å². The number of aryl methyl sites for hydroxylation is 2. The Kier molecular flexibility index (Phi) is 6.07. The van der Waals surface area contributed by atoms with Crippen molar-refractivity contribution < 1.29 is 23.7 Å². The van der Waals surface area contributed by atoms with E-state index in [4.69, 9.17) is 18.9 Å². The second kappa shape index (κ2) is 8.24. The van der Waals surface area contributed by atoms with Crippen molar-refractivity contribution in [1.82, 2.24) is 0 Å². The van der Waals surface area contributed by atoms with Gasteiger partial charge in [-0.2, -0.15) is 0 Å². The second-order valence-electron chi connectivity index (χ2n) is 5.17. The van der Waals surface area contributed by atoms with Gasteiger partial charge in [-0.1, -0.05) is 18.2 Å². The highest BCUT2D eigenvalue weighted by atomic mass is 16.5. The van der Waals surface area contributed by atoms with Crippen LogP contribution in [0.2, 0.25) is 0 Å². The molecule has 5 nitrogen and oxygen atoms in total. The quantitative estimate of drug-likeness (QED) is 0.729. The van der Waals surface area contributed by atoms with E-state index in [0.29, 0.717) is 23.5 Å². The Morgan fingerprint density at radius 3 is 2.08 bits per heavy atom. The van der Waals surface area contributed by atoms with Crippen LogP contribution in [0.15, 0.2) is 36.4 Å². The number of hydrogen-bond acceptors (Lipinski definition) is 5. The number of carbonyl (C=O) groups is 1. The number of carbonyl (C=O) groups excluding carboxylic acids is 1. The van der Waals surface area contributed by atoms with Gasteiger partial charge in [0, 0.05) is 0 Å². The lowest BCUT2D eigenvalue weighted by molar-refractivity contribution is 0.0595. The first-order chi connectivity index (χ1) is 11.6. The zero-order valence-electron chi connectivity index (χ0n) is 14.4. The number of methoxy groups -OCH3 is 4. The van der Waals surface area contributed by atoms with Gasteiger partial charge in [-0.05, 0) is 42.2 Å². The van der Waals surface area contributed by atoms with E-state index in [0.717, 1.165) is 23.3 Å². The van der Waals surface area contributed by atoms with Crippen molar-refractivity contribution in [3.8, 4) is 17.2 Å². The van der Waals surface area contributed by atoms with Crippen LogP contribution in [0.25, 0.3) is 0 Å².